The third-order valence-corrected chi connectivity index (χ3v) is 2.92. The first kappa shape index (κ1) is 13.9. The molecule has 0 saturated heterocycles. The zero-order chi connectivity index (χ0) is 14.4. The van der Waals surface area contributed by atoms with E-state index in [9.17, 15) is 0 Å². The van der Waals surface area contributed by atoms with Crippen LogP contribution in [0.4, 0.5) is 5.69 Å². The number of anilines is 1. The molecule has 4 heteroatoms. The van der Waals surface area contributed by atoms with E-state index < -0.39 is 0 Å². The lowest BCUT2D eigenvalue weighted by Gasteiger charge is -2.06. The van der Waals surface area contributed by atoms with E-state index >= 15 is 0 Å². The Hall–Kier alpha value is -2.49. The zero-order valence-electron chi connectivity index (χ0n) is 11.9. The van der Waals surface area contributed by atoms with Gasteiger partial charge in [0.1, 0.15) is 11.5 Å². The fourth-order valence-corrected chi connectivity index (χ4v) is 1.78. The fourth-order valence-electron chi connectivity index (χ4n) is 1.78. The van der Waals surface area contributed by atoms with Crippen LogP contribution in [0.5, 0.6) is 11.5 Å². The smallest absolute Gasteiger partial charge is 0.123 e. The lowest BCUT2D eigenvalue weighted by Crippen LogP contribution is -1.94. The highest BCUT2D eigenvalue weighted by atomic mass is 16.5. The topological polar surface area (TPSA) is 42.8 Å². The molecule has 0 amide bonds. The van der Waals surface area contributed by atoms with Crippen molar-refractivity contribution in [3.8, 4) is 11.5 Å². The maximum atomic E-state index is 5.22. The van der Waals surface area contributed by atoms with E-state index in [1.165, 1.54) is 0 Å². The normalized spacial score (nSPS) is 10.6. The molecule has 0 aliphatic carbocycles. The van der Waals surface area contributed by atoms with Gasteiger partial charge in [-0.15, -0.1) is 0 Å². The van der Waals surface area contributed by atoms with Gasteiger partial charge in [-0.05, 0) is 30.7 Å². The quantitative estimate of drug-likeness (QED) is 0.668. The molecule has 0 aliphatic heterocycles. The minimum atomic E-state index is 0.738. The summed E-state index contributed by atoms with van der Waals surface area (Å²) in [5.41, 5.74) is 6.06. The Morgan fingerprint density at radius 2 is 1.65 bits per heavy atom. The molecule has 20 heavy (non-hydrogen) atoms. The predicted octanol–water partition coefficient (Wildman–Crippen LogP) is 3.46. The SMILES string of the molecule is COc1cc(/C=N\Nc2ccccc2C)cc(OC)c1. The molecule has 0 aromatic heterocycles. The first-order valence-electron chi connectivity index (χ1n) is 6.30. The number of aryl methyl sites for hydroxylation is 1. The van der Waals surface area contributed by atoms with Gasteiger partial charge in [0.25, 0.3) is 0 Å². The Morgan fingerprint density at radius 3 is 2.25 bits per heavy atom. The van der Waals surface area contributed by atoms with Crippen LogP contribution < -0.4 is 14.9 Å². The molecule has 2 aromatic carbocycles. The molecule has 2 rings (SSSR count). The standard InChI is InChI=1S/C16H18N2O2/c1-12-6-4-5-7-16(12)18-17-11-13-8-14(19-2)10-15(9-13)20-3/h4-11,18H,1-3H3/b17-11-. The second kappa shape index (κ2) is 6.61. The highest BCUT2D eigenvalue weighted by molar-refractivity contribution is 5.81. The zero-order valence-corrected chi connectivity index (χ0v) is 11.9. The van der Waals surface area contributed by atoms with Crippen molar-refractivity contribution >= 4 is 11.9 Å². The summed E-state index contributed by atoms with van der Waals surface area (Å²) in [4.78, 5) is 0. The first-order chi connectivity index (χ1) is 9.72. The second-order valence-corrected chi connectivity index (χ2v) is 4.33. The first-order valence-corrected chi connectivity index (χ1v) is 6.30. The molecule has 104 valence electrons. The average Bonchev–Trinajstić information content (AvgIpc) is 2.48. The van der Waals surface area contributed by atoms with Crippen molar-refractivity contribution < 1.29 is 9.47 Å². The van der Waals surface area contributed by atoms with E-state index in [2.05, 4.69) is 10.5 Å². The van der Waals surface area contributed by atoms with E-state index in [0.717, 1.165) is 28.3 Å². The van der Waals surface area contributed by atoms with Crippen LogP contribution in [0.3, 0.4) is 0 Å². The van der Waals surface area contributed by atoms with E-state index in [1.807, 2.05) is 49.4 Å². The molecule has 0 unspecified atom stereocenters. The Kier molecular flexibility index (Phi) is 4.60. The molecule has 0 aliphatic rings. The predicted molar refractivity (Wildman–Crippen MR) is 81.9 cm³/mol. The summed E-state index contributed by atoms with van der Waals surface area (Å²) in [6.07, 6.45) is 1.73. The van der Waals surface area contributed by atoms with Gasteiger partial charge in [0, 0.05) is 11.6 Å². The van der Waals surface area contributed by atoms with E-state index in [4.69, 9.17) is 9.47 Å². The summed E-state index contributed by atoms with van der Waals surface area (Å²) in [6, 6.07) is 13.6. The number of ether oxygens (including phenoxy) is 2. The maximum Gasteiger partial charge on any atom is 0.123 e. The van der Waals surface area contributed by atoms with E-state index in [-0.39, 0.29) is 0 Å². The molecule has 2 aromatic rings. The van der Waals surface area contributed by atoms with Crippen molar-refractivity contribution in [2.24, 2.45) is 5.10 Å². The molecule has 0 atom stereocenters. The average molecular weight is 270 g/mol. The summed E-state index contributed by atoms with van der Waals surface area (Å²) in [5.74, 6) is 1.48. The van der Waals surface area contributed by atoms with Gasteiger partial charge in [-0.25, -0.2) is 0 Å². The summed E-state index contributed by atoms with van der Waals surface area (Å²) < 4.78 is 10.4. The Morgan fingerprint density at radius 1 is 1.00 bits per heavy atom. The van der Waals surface area contributed by atoms with Gasteiger partial charge in [0.2, 0.25) is 0 Å². The van der Waals surface area contributed by atoms with Gasteiger partial charge in [0.15, 0.2) is 0 Å². The third-order valence-electron chi connectivity index (χ3n) is 2.92. The summed E-state index contributed by atoms with van der Waals surface area (Å²) in [6.45, 7) is 2.03. The summed E-state index contributed by atoms with van der Waals surface area (Å²) >= 11 is 0. The van der Waals surface area contributed by atoms with Crippen molar-refractivity contribution in [2.75, 3.05) is 19.6 Å². The van der Waals surface area contributed by atoms with Crippen LogP contribution in [0.1, 0.15) is 11.1 Å². The minimum absolute atomic E-state index is 0.738. The number of rotatable bonds is 5. The van der Waals surface area contributed by atoms with Crippen molar-refractivity contribution in [3.63, 3.8) is 0 Å². The number of hydrogen-bond acceptors (Lipinski definition) is 4. The van der Waals surface area contributed by atoms with Crippen LogP contribution in [0, 0.1) is 6.92 Å². The molecule has 0 radical (unpaired) electrons. The number of nitrogens with one attached hydrogen (secondary N) is 1. The summed E-state index contributed by atoms with van der Waals surface area (Å²) in [5, 5.41) is 4.24. The molecular weight excluding hydrogens is 252 g/mol. The molecule has 0 saturated carbocycles. The fraction of sp³-hybridized carbons (Fsp3) is 0.188. The van der Waals surface area contributed by atoms with Crippen LogP contribution in [0.2, 0.25) is 0 Å². The van der Waals surface area contributed by atoms with Crippen molar-refractivity contribution in [3.05, 3.63) is 53.6 Å². The van der Waals surface area contributed by atoms with Crippen molar-refractivity contribution in [2.45, 2.75) is 6.92 Å². The minimum Gasteiger partial charge on any atom is -0.497 e. The highest BCUT2D eigenvalue weighted by Gasteiger charge is 2.00. The van der Waals surface area contributed by atoms with Gasteiger partial charge in [0.05, 0.1) is 26.1 Å². The van der Waals surface area contributed by atoms with Gasteiger partial charge in [-0.1, -0.05) is 18.2 Å². The molecule has 0 fully saturated rings. The Balaban J connectivity index is 2.13. The van der Waals surface area contributed by atoms with Crippen LogP contribution in [0.25, 0.3) is 0 Å². The van der Waals surface area contributed by atoms with Crippen LogP contribution >= 0.6 is 0 Å². The van der Waals surface area contributed by atoms with E-state index in [0.29, 0.717) is 0 Å². The van der Waals surface area contributed by atoms with E-state index in [1.54, 1.807) is 20.4 Å². The van der Waals surface area contributed by atoms with Crippen LogP contribution in [-0.4, -0.2) is 20.4 Å². The van der Waals surface area contributed by atoms with Gasteiger partial charge in [-0.2, -0.15) is 5.10 Å². The number of para-hydroxylation sites is 1. The number of nitrogens with zero attached hydrogens (tertiary/aromatic N) is 1. The molecule has 0 heterocycles. The van der Waals surface area contributed by atoms with Gasteiger partial charge < -0.3 is 9.47 Å². The van der Waals surface area contributed by atoms with Gasteiger partial charge in [-0.3, -0.25) is 5.43 Å². The lowest BCUT2D eigenvalue weighted by molar-refractivity contribution is 0.394. The number of benzene rings is 2. The Bertz CT molecular complexity index is 587. The van der Waals surface area contributed by atoms with Crippen molar-refractivity contribution in [1.29, 1.82) is 0 Å². The number of hydrazone groups is 1. The van der Waals surface area contributed by atoms with Gasteiger partial charge >= 0.3 is 0 Å². The third kappa shape index (κ3) is 3.51. The molecule has 0 spiro atoms. The molecule has 0 bridgehead atoms. The summed E-state index contributed by atoms with van der Waals surface area (Å²) in [7, 11) is 3.25. The van der Waals surface area contributed by atoms with Crippen LogP contribution in [0.15, 0.2) is 47.6 Å². The molecule has 1 N–H and O–H groups in total. The number of methoxy groups -OCH3 is 2. The highest BCUT2D eigenvalue weighted by Crippen LogP contribution is 2.21. The maximum absolute atomic E-state index is 5.22. The number of hydrogen-bond donors (Lipinski definition) is 1. The van der Waals surface area contributed by atoms with Crippen LogP contribution in [-0.2, 0) is 0 Å². The Labute approximate surface area is 119 Å². The second-order valence-electron chi connectivity index (χ2n) is 4.33. The van der Waals surface area contributed by atoms with Crippen molar-refractivity contribution in [1.82, 2.24) is 0 Å². The monoisotopic (exact) mass is 270 g/mol. The molecular formula is C16H18N2O2. The largest absolute Gasteiger partial charge is 0.497 e. The lowest BCUT2D eigenvalue weighted by atomic mass is 10.2. The molecule has 4 nitrogen and oxygen atoms in total.